The van der Waals surface area contributed by atoms with Gasteiger partial charge in [0.1, 0.15) is 0 Å². The molecule has 0 saturated heterocycles. The van der Waals surface area contributed by atoms with E-state index in [1.165, 1.54) is 0 Å². The zero-order valence-electron chi connectivity index (χ0n) is 7.88. The van der Waals surface area contributed by atoms with Gasteiger partial charge in [-0.15, -0.1) is 11.6 Å². The van der Waals surface area contributed by atoms with Crippen molar-refractivity contribution >= 4 is 17.6 Å². The number of nitrogens with zero attached hydrogens (tertiary/aromatic N) is 1. The zero-order chi connectivity index (χ0) is 12.3. The lowest BCUT2D eigenvalue weighted by Crippen LogP contribution is -2.09. The fraction of sp³-hybridized carbons (Fsp3) is 0.333. The average molecular weight is 254 g/mol. The van der Waals surface area contributed by atoms with E-state index in [-0.39, 0.29) is 17.1 Å². The SMILES string of the molecule is O=C(O)Cc1nc(F)cc(C(F)F)c1CCl. The molecule has 3 nitrogen and oxygen atoms in total. The Balaban J connectivity index is 3.29. The quantitative estimate of drug-likeness (QED) is 0.663. The molecule has 0 spiro atoms. The summed E-state index contributed by atoms with van der Waals surface area (Å²) in [6, 6.07) is 0.563. The van der Waals surface area contributed by atoms with Crippen LogP contribution in [-0.4, -0.2) is 16.1 Å². The Morgan fingerprint density at radius 1 is 1.56 bits per heavy atom. The van der Waals surface area contributed by atoms with Crippen molar-refractivity contribution in [2.24, 2.45) is 0 Å². The standard InChI is InChI=1S/C9H7ClF3NO2/c10-3-5-4(9(12)13)1-7(11)14-6(5)2-8(15)16/h1,9H,2-3H2,(H,15,16). The van der Waals surface area contributed by atoms with Gasteiger partial charge in [-0.1, -0.05) is 0 Å². The summed E-state index contributed by atoms with van der Waals surface area (Å²) in [6.07, 6.45) is -3.56. The number of aliphatic carboxylic acids is 1. The summed E-state index contributed by atoms with van der Waals surface area (Å²) >= 11 is 5.43. The van der Waals surface area contributed by atoms with Crippen LogP contribution in [0.2, 0.25) is 0 Å². The highest BCUT2D eigenvalue weighted by Crippen LogP contribution is 2.27. The second-order valence-electron chi connectivity index (χ2n) is 2.96. The first-order valence-electron chi connectivity index (χ1n) is 4.19. The minimum absolute atomic E-state index is 0.125. The number of pyridine rings is 1. The predicted octanol–water partition coefficient (Wildman–Crippen LogP) is 2.52. The lowest BCUT2D eigenvalue weighted by molar-refractivity contribution is -0.136. The van der Waals surface area contributed by atoms with E-state index in [0.717, 1.165) is 0 Å². The van der Waals surface area contributed by atoms with Crippen LogP contribution >= 0.6 is 11.6 Å². The van der Waals surface area contributed by atoms with E-state index in [1.54, 1.807) is 0 Å². The van der Waals surface area contributed by atoms with E-state index >= 15 is 0 Å². The van der Waals surface area contributed by atoms with E-state index in [1.807, 2.05) is 0 Å². The molecule has 88 valence electrons. The van der Waals surface area contributed by atoms with Gasteiger partial charge < -0.3 is 5.11 Å². The van der Waals surface area contributed by atoms with Crippen molar-refractivity contribution < 1.29 is 23.1 Å². The summed E-state index contributed by atoms with van der Waals surface area (Å²) < 4.78 is 37.9. The van der Waals surface area contributed by atoms with Crippen molar-refractivity contribution in [1.82, 2.24) is 4.98 Å². The number of rotatable bonds is 4. The third-order valence-corrected chi connectivity index (χ3v) is 2.17. The van der Waals surface area contributed by atoms with Gasteiger partial charge in [-0.25, -0.2) is 13.8 Å². The molecule has 0 saturated carbocycles. The van der Waals surface area contributed by atoms with Crippen molar-refractivity contribution in [3.63, 3.8) is 0 Å². The Kier molecular flexibility index (Phi) is 4.12. The summed E-state index contributed by atoms with van der Waals surface area (Å²) in [4.78, 5) is 13.7. The monoisotopic (exact) mass is 253 g/mol. The molecule has 16 heavy (non-hydrogen) atoms. The molecule has 1 aromatic rings. The van der Waals surface area contributed by atoms with Crippen LogP contribution in [0, 0.1) is 5.95 Å². The Morgan fingerprint density at radius 2 is 2.19 bits per heavy atom. The molecule has 0 unspecified atom stereocenters. The van der Waals surface area contributed by atoms with E-state index < -0.39 is 30.3 Å². The Morgan fingerprint density at radius 3 is 2.62 bits per heavy atom. The van der Waals surface area contributed by atoms with E-state index in [9.17, 15) is 18.0 Å². The van der Waals surface area contributed by atoms with Crippen LogP contribution in [0.4, 0.5) is 13.2 Å². The zero-order valence-corrected chi connectivity index (χ0v) is 8.64. The molecule has 1 N–H and O–H groups in total. The molecule has 0 fully saturated rings. The van der Waals surface area contributed by atoms with E-state index in [4.69, 9.17) is 16.7 Å². The molecule has 0 amide bonds. The maximum Gasteiger partial charge on any atom is 0.309 e. The topological polar surface area (TPSA) is 50.2 Å². The number of hydrogen-bond acceptors (Lipinski definition) is 2. The van der Waals surface area contributed by atoms with E-state index in [2.05, 4.69) is 4.98 Å². The molecule has 1 heterocycles. The number of aromatic nitrogens is 1. The van der Waals surface area contributed by atoms with Crippen LogP contribution in [0.1, 0.15) is 23.2 Å². The molecular formula is C9H7ClF3NO2. The van der Waals surface area contributed by atoms with Crippen LogP contribution < -0.4 is 0 Å². The van der Waals surface area contributed by atoms with Crippen molar-refractivity contribution in [2.45, 2.75) is 18.7 Å². The first-order valence-corrected chi connectivity index (χ1v) is 4.73. The Labute approximate surface area is 93.9 Å². The smallest absolute Gasteiger partial charge is 0.309 e. The number of carbonyl (C=O) groups is 1. The van der Waals surface area contributed by atoms with Gasteiger partial charge in [-0.2, -0.15) is 4.39 Å². The highest BCUT2D eigenvalue weighted by atomic mass is 35.5. The van der Waals surface area contributed by atoms with Crippen molar-refractivity contribution in [2.75, 3.05) is 0 Å². The van der Waals surface area contributed by atoms with Gasteiger partial charge in [0.05, 0.1) is 12.1 Å². The van der Waals surface area contributed by atoms with Gasteiger partial charge in [0, 0.05) is 17.5 Å². The van der Waals surface area contributed by atoms with E-state index in [0.29, 0.717) is 6.07 Å². The van der Waals surface area contributed by atoms with Gasteiger partial charge in [0.25, 0.3) is 6.43 Å². The van der Waals surface area contributed by atoms with Crippen molar-refractivity contribution in [1.29, 1.82) is 0 Å². The molecule has 0 radical (unpaired) electrons. The van der Waals surface area contributed by atoms with Crippen LogP contribution in [0.25, 0.3) is 0 Å². The maximum absolute atomic E-state index is 12.9. The normalized spacial score (nSPS) is 10.8. The second kappa shape index (κ2) is 5.16. The fourth-order valence-corrected chi connectivity index (χ4v) is 1.56. The van der Waals surface area contributed by atoms with Gasteiger partial charge in [0.15, 0.2) is 0 Å². The first kappa shape index (κ1) is 12.8. The molecule has 1 rings (SSSR count). The molecule has 0 aromatic carbocycles. The van der Waals surface area contributed by atoms with Crippen LogP contribution in [0.3, 0.4) is 0 Å². The molecule has 1 aromatic heterocycles. The summed E-state index contributed by atoms with van der Waals surface area (Å²) in [5, 5.41) is 8.51. The predicted molar refractivity (Wildman–Crippen MR) is 50.0 cm³/mol. The first-order chi connectivity index (χ1) is 7.45. The molecule has 0 aliphatic rings. The highest BCUT2D eigenvalue weighted by Gasteiger charge is 2.20. The lowest BCUT2D eigenvalue weighted by atomic mass is 10.1. The molecule has 0 aliphatic heterocycles. The van der Waals surface area contributed by atoms with Gasteiger partial charge in [-0.05, 0) is 5.56 Å². The van der Waals surface area contributed by atoms with Crippen LogP contribution in [0.5, 0.6) is 0 Å². The molecule has 0 aliphatic carbocycles. The number of carboxylic acids is 1. The number of halogens is 4. The minimum Gasteiger partial charge on any atom is -0.481 e. The van der Waals surface area contributed by atoms with Crippen LogP contribution in [-0.2, 0) is 17.1 Å². The largest absolute Gasteiger partial charge is 0.481 e. The number of alkyl halides is 3. The molecule has 7 heteroatoms. The highest BCUT2D eigenvalue weighted by molar-refractivity contribution is 6.17. The van der Waals surface area contributed by atoms with Gasteiger partial charge in [-0.3, -0.25) is 4.79 Å². The molecular weight excluding hydrogens is 247 g/mol. The minimum atomic E-state index is -2.92. The number of hydrogen-bond donors (Lipinski definition) is 1. The second-order valence-corrected chi connectivity index (χ2v) is 3.23. The van der Waals surface area contributed by atoms with Crippen molar-refractivity contribution in [3.8, 4) is 0 Å². The summed E-state index contributed by atoms with van der Waals surface area (Å²) in [5.41, 5.74) is -1.00. The summed E-state index contributed by atoms with van der Waals surface area (Å²) in [7, 11) is 0. The summed E-state index contributed by atoms with van der Waals surface area (Å²) in [6.45, 7) is 0. The van der Waals surface area contributed by atoms with Crippen molar-refractivity contribution in [3.05, 3.63) is 28.8 Å². The third-order valence-electron chi connectivity index (χ3n) is 1.90. The molecule has 0 atom stereocenters. The summed E-state index contributed by atoms with van der Waals surface area (Å²) in [5.74, 6) is -2.76. The maximum atomic E-state index is 12.9. The van der Waals surface area contributed by atoms with Gasteiger partial charge in [0.2, 0.25) is 5.95 Å². The van der Waals surface area contributed by atoms with Gasteiger partial charge >= 0.3 is 5.97 Å². The fourth-order valence-electron chi connectivity index (χ4n) is 1.25. The molecule has 0 bridgehead atoms. The average Bonchev–Trinajstić information content (AvgIpc) is 2.15. The Bertz CT molecular complexity index is 412. The lowest BCUT2D eigenvalue weighted by Gasteiger charge is -2.10. The van der Waals surface area contributed by atoms with Crippen LogP contribution in [0.15, 0.2) is 6.07 Å². The third kappa shape index (κ3) is 2.85. The Hall–Kier alpha value is -1.30. The number of carboxylic acid groups (broad SMARTS) is 1.